The summed E-state index contributed by atoms with van der Waals surface area (Å²) in [6.07, 6.45) is 0. The molecule has 6 nitrogen and oxygen atoms in total. The molecule has 0 bridgehead atoms. The van der Waals surface area contributed by atoms with Gasteiger partial charge in [-0.1, -0.05) is 0 Å². The van der Waals surface area contributed by atoms with E-state index in [1.165, 1.54) is 6.07 Å². The Hall–Kier alpha value is -1.82. The summed E-state index contributed by atoms with van der Waals surface area (Å²) in [5.74, 6) is 0.521. The molecule has 1 aliphatic rings. The Bertz CT molecular complexity index is 418. The molecule has 0 aromatic heterocycles. The largest absolute Gasteiger partial charge is 0.454 e. The van der Waals surface area contributed by atoms with E-state index in [4.69, 9.17) is 21.1 Å². The van der Waals surface area contributed by atoms with Crippen LogP contribution in [-0.4, -0.2) is 17.0 Å². The topological polar surface area (TPSA) is 78.7 Å². The summed E-state index contributed by atoms with van der Waals surface area (Å²) < 4.78 is 9.91. The third-order valence-corrected chi connectivity index (χ3v) is 2.10. The molecule has 15 heavy (non-hydrogen) atoms. The molecule has 1 aromatic carbocycles. The first-order valence-corrected chi connectivity index (χ1v) is 4.25. The molecular formula is C8H4ClNO5. The van der Waals surface area contributed by atoms with E-state index in [0.717, 1.165) is 6.07 Å². The molecule has 78 valence electrons. The Balaban J connectivity index is 2.62. The van der Waals surface area contributed by atoms with Gasteiger partial charge < -0.3 is 9.47 Å². The van der Waals surface area contributed by atoms with Crippen molar-refractivity contribution in [2.75, 3.05) is 6.79 Å². The zero-order valence-corrected chi connectivity index (χ0v) is 7.98. The number of fused-ring (bicyclic) bond motifs is 1. The Morgan fingerprint density at radius 1 is 1.40 bits per heavy atom. The van der Waals surface area contributed by atoms with Crippen molar-refractivity contribution in [3.05, 3.63) is 27.8 Å². The van der Waals surface area contributed by atoms with Crippen LogP contribution in [0.25, 0.3) is 0 Å². The molecule has 0 saturated heterocycles. The Kier molecular flexibility index (Phi) is 2.20. The van der Waals surface area contributed by atoms with Crippen LogP contribution in [-0.2, 0) is 0 Å². The van der Waals surface area contributed by atoms with Gasteiger partial charge in [-0.2, -0.15) is 0 Å². The van der Waals surface area contributed by atoms with Crippen LogP contribution in [0, 0.1) is 10.1 Å². The summed E-state index contributed by atoms with van der Waals surface area (Å²) >= 11 is 5.21. The molecule has 1 heterocycles. The van der Waals surface area contributed by atoms with E-state index in [1.807, 2.05) is 0 Å². The number of nitro groups is 1. The van der Waals surface area contributed by atoms with Gasteiger partial charge in [0.2, 0.25) is 6.79 Å². The third-order valence-electron chi connectivity index (χ3n) is 1.90. The van der Waals surface area contributed by atoms with Gasteiger partial charge in [0.05, 0.1) is 11.0 Å². The van der Waals surface area contributed by atoms with Crippen molar-refractivity contribution in [2.24, 2.45) is 0 Å². The van der Waals surface area contributed by atoms with E-state index in [2.05, 4.69) is 0 Å². The maximum atomic E-state index is 10.9. The second kappa shape index (κ2) is 3.39. The number of rotatable bonds is 2. The predicted molar refractivity (Wildman–Crippen MR) is 49.4 cm³/mol. The second-order valence-corrected chi connectivity index (χ2v) is 3.10. The SMILES string of the molecule is O=C(Cl)c1cc2c(cc1[N+](=O)[O-])OCO2. The summed E-state index contributed by atoms with van der Waals surface area (Å²) in [6, 6.07) is 2.33. The number of halogens is 1. The molecule has 0 spiro atoms. The first-order valence-electron chi connectivity index (χ1n) is 3.87. The number of ether oxygens (including phenoxy) is 2. The molecule has 2 rings (SSSR count). The molecule has 0 unspecified atom stereocenters. The van der Waals surface area contributed by atoms with Crippen LogP contribution in [0.1, 0.15) is 10.4 Å². The summed E-state index contributed by atoms with van der Waals surface area (Å²) in [4.78, 5) is 20.9. The molecule has 0 fully saturated rings. The van der Waals surface area contributed by atoms with Gasteiger partial charge >= 0.3 is 0 Å². The van der Waals surface area contributed by atoms with E-state index >= 15 is 0 Å². The predicted octanol–water partition coefficient (Wildman–Crippen LogP) is 1.70. The molecule has 0 amide bonds. The fourth-order valence-corrected chi connectivity index (χ4v) is 1.39. The monoisotopic (exact) mass is 229 g/mol. The maximum absolute atomic E-state index is 10.9. The Labute approximate surface area is 88.5 Å². The van der Waals surface area contributed by atoms with Gasteiger partial charge in [-0.15, -0.1) is 0 Å². The summed E-state index contributed by atoms with van der Waals surface area (Å²) in [5, 5.41) is 9.72. The lowest BCUT2D eigenvalue weighted by Gasteiger charge is -2.00. The minimum atomic E-state index is -0.903. The average molecular weight is 230 g/mol. The van der Waals surface area contributed by atoms with E-state index in [0.29, 0.717) is 0 Å². The van der Waals surface area contributed by atoms with Crippen LogP contribution in [0.5, 0.6) is 11.5 Å². The fraction of sp³-hybridized carbons (Fsp3) is 0.125. The van der Waals surface area contributed by atoms with Crippen molar-refractivity contribution in [1.82, 2.24) is 0 Å². The number of carbonyl (C=O) groups excluding carboxylic acids is 1. The number of benzene rings is 1. The minimum Gasteiger partial charge on any atom is -0.454 e. The summed E-state index contributed by atoms with van der Waals surface area (Å²) in [7, 11) is 0. The third kappa shape index (κ3) is 1.59. The number of hydrogen-bond acceptors (Lipinski definition) is 5. The molecule has 1 aliphatic heterocycles. The second-order valence-electron chi connectivity index (χ2n) is 2.75. The highest BCUT2D eigenvalue weighted by Gasteiger charge is 2.26. The molecule has 0 N–H and O–H groups in total. The highest BCUT2D eigenvalue weighted by atomic mass is 35.5. The Morgan fingerprint density at radius 2 is 2.00 bits per heavy atom. The zero-order chi connectivity index (χ0) is 11.0. The van der Waals surface area contributed by atoms with Crippen molar-refractivity contribution in [1.29, 1.82) is 0 Å². The van der Waals surface area contributed by atoms with Gasteiger partial charge in [0.15, 0.2) is 11.5 Å². The van der Waals surface area contributed by atoms with Crippen LogP contribution in [0.2, 0.25) is 0 Å². The smallest absolute Gasteiger partial charge is 0.285 e. The molecule has 0 aliphatic carbocycles. The number of nitro benzene ring substituents is 1. The summed E-state index contributed by atoms with van der Waals surface area (Å²) in [6.45, 7) is -0.0214. The zero-order valence-electron chi connectivity index (χ0n) is 7.23. The van der Waals surface area contributed by atoms with Crippen LogP contribution < -0.4 is 9.47 Å². The van der Waals surface area contributed by atoms with Crippen molar-refractivity contribution >= 4 is 22.5 Å². The fourth-order valence-electron chi connectivity index (χ4n) is 1.24. The van der Waals surface area contributed by atoms with Crippen LogP contribution in [0.15, 0.2) is 12.1 Å². The first-order chi connectivity index (χ1) is 7.09. The van der Waals surface area contributed by atoms with Gasteiger partial charge in [-0.05, 0) is 11.6 Å². The van der Waals surface area contributed by atoms with E-state index in [1.54, 1.807) is 0 Å². The van der Waals surface area contributed by atoms with Gasteiger partial charge in [0, 0.05) is 6.07 Å². The van der Waals surface area contributed by atoms with E-state index in [9.17, 15) is 14.9 Å². The van der Waals surface area contributed by atoms with Crippen LogP contribution >= 0.6 is 11.6 Å². The van der Waals surface area contributed by atoms with Gasteiger partial charge in [-0.3, -0.25) is 14.9 Å². The highest BCUT2D eigenvalue weighted by Crippen LogP contribution is 2.38. The van der Waals surface area contributed by atoms with Crippen molar-refractivity contribution in [3.63, 3.8) is 0 Å². The van der Waals surface area contributed by atoms with Crippen LogP contribution in [0.4, 0.5) is 5.69 Å². The van der Waals surface area contributed by atoms with Gasteiger partial charge in [0.1, 0.15) is 5.56 Å². The molecule has 1 aromatic rings. The normalized spacial score (nSPS) is 12.6. The van der Waals surface area contributed by atoms with Crippen LogP contribution in [0.3, 0.4) is 0 Å². The number of nitrogens with zero attached hydrogens (tertiary/aromatic N) is 1. The summed E-state index contributed by atoms with van der Waals surface area (Å²) in [5.41, 5.74) is -0.592. The molecular weight excluding hydrogens is 226 g/mol. The number of carbonyl (C=O) groups is 1. The first kappa shape index (κ1) is 9.72. The lowest BCUT2D eigenvalue weighted by Crippen LogP contribution is -1.98. The van der Waals surface area contributed by atoms with Gasteiger partial charge in [-0.25, -0.2) is 0 Å². The lowest BCUT2D eigenvalue weighted by atomic mass is 10.2. The molecule has 0 radical (unpaired) electrons. The van der Waals surface area contributed by atoms with Gasteiger partial charge in [0.25, 0.3) is 10.9 Å². The Morgan fingerprint density at radius 3 is 2.53 bits per heavy atom. The van der Waals surface area contributed by atoms with E-state index in [-0.39, 0.29) is 29.5 Å². The maximum Gasteiger partial charge on any atom is 0.285 e. The lowest BCUT2D eigenvalue weighted by molar-refractivity contribution is -0.385. The van der Waals surface area contributed by atoms with Crippen molar-refractivity contribution in [3.8, 4) is 11.5 Å². The molecule has 0 atom stereocenters. The standard InChI is InChI=1S/C8H4ClNO5/c9-8(11)4-1-6-7(15-3-14-6)2-5(4)10(12)13/h1-2H,3H2. The highest BCUT2D eigenvalue weighted by molar-refractivity contribution is 6.68. The minimum absolute atomic E-state index is 0.0214. The van der Waals surface area contributed by atoms with E-state index < -0.39 is 10.2 Å². The quantitative estimate of drug-likeness (QED) is 0.438. The number of hydrogen-bond donors (Lipinski definition) is 0. The van der Waals surface area contributed by atoms with Crippen molar-refractivity contribution < 1.29 is 19.2 Å². The average Bonchev–Trinajstić information content (AvgIpc) is 2.61. The molecule has 7 heteroatoms. The van der Waals surface area contributed by atoms with Crippen molar-refractivity contribution in [2.45, 2.75) is 0 Å². The molecule has 0 saturated carbocycles.